The van der Waals surface area contributed by atoms with Gasteiger partial charge in [-0.25, -0.2) is 28.1 Å². The van der Waals surface area contributed by atoms with Crippen LogP contribution < -0.4 is 9.62 Å². The molecule has 1 N–H and O–H groups in total. The molecule has 0 bridgehead atoms. The molecule has 0 amide bonds. The molecule has 3 heterocycles. The molecule has 0 saturated carbocycles. The van der Waals surface area contributed by atoms with E-state index in [2.05, 4.69) is 19.7 Å². The summed E-state index contributed by atoms with van der Waals surface area (Å²) in [6.07, 6.45) is -0.736. The number of hydrogen-bond acceptors (Lipinski definition) is 6. The number of rotatable bonds is 4. The Bertz CT molecular complexity index is 920. The van der Waals surface area contributed by atoms with E-state index in [1.807, 2.05) is 0 Å². The van der Waals surface area contributed by atoms with E-state index in [1.54, 1.807) is 11.9 Å². The topological polar surface area (TPSA) is 93.0 Å². The van der Waals surface area contributed by atoms with Gasteiger partial charge in [0.1, 0.15) is 17.3 Å². The summed E-state index contributed by atoms with van der Waals surface area (Å²) in [5, 5.41) is -0.0776. The van der Waals surface area contributed by atoms with Crippen molar-refractivity contribution in [2.45, 2.75) is 37.1 Å². The predicted octanol–water partition coefficient (Wildman–Crippen LogP) is 1.48. The molecular formula is C15H19F3N6O2S. The van der Waals surface area contributed by atoms with Crippen molar-refractivity contribution in [2.24, 2.45) is 7.05 Å². The maximum absolute atomic E-state index is 12.9. The summed E-state index contributed by atoms with van der Waals surface area (Å²) in [6.45, 7) is 2.16. The first-order chi connectivity index (χ1) is 12.6. The van der Waals surface area contributed by atoms with Gasteiger partial charge in [0.05, 0.1) is 0 Å². The van der Waals surface area contributed by atoms with Crippen LogP contribution in [-0.4, -0.2) is 47.1 Å². The second kappa shape index (κ2) is 7.08. The minimum absolute atomic E-state index is 0.0393. The monoisotopic (exact) mass is 404 g/mol. The van der Waals surface area contributed by atoms with Crippen LogP contribution in [0.1, 0.15) is 24.4 Å². The molecule has 2 aromatic rings. The molecule has 1 aliphatic heterocycles. The first-order valence-electron chi connectivity index (χ1n) is 8.24. The lowest BCUT2D eigenvalue weighted by molar-refractivity contribution is -0.141. The highest BCUT2D eigenvalue weighted by Gasteiger charge is 2.34. The number of nitrogens with zero attached hydrogens (tertiary/aromatic N) is 5. The van der Waals surface area contributed by atoms with Gasteiger partial charge in [0.2, 0.25) is 5.16 Å². The average Bonchev–Trinajstić information content (AvgIpc) is 3.01. The van der Waals surface area contributed by atoms with Gasteiger partial charge in [-0.3, -0.25) is 0 Å². The number of aryl methyl sites for hydroxylation is 2. The number of sulfonamides is 1. The van der Waals surface area contributed by atoms with Crippen molar-refractivity contribution in [3.8, 4) is 0 Å². The van der Waals surface area contributed by atoms with Crippen molar-refractivity contribution in [3.05, 3.63) is 30.0 Å². The lowest BCUT2D eigenvalue weighted by Gasteiger charge is -2.33. The molecule has 0 aromatic carbocycles. The molecule has 1 saturated heterocycles. The van der Waals surface area contributed by atoms with Crippen molar-refractivity contribution in [1.82, 2.24) is 24.2 Å². The van der Waals surface area contributed by atoms with Crippen LogP contribution in [0.4, 0.5) is 19.0 Å². The number of alkyl halides is 3. The largest absolute Gasteiger partial charge is 0.433 e. The van der Waals surface area contributed by atoms with Gasteiger partial charge in [0.15, 0.2) is 0 Å². The molecule has 0 aliphatic carbocycles. The van der Waals surface area contributed by atoms with Crippen LogP contribution in [0.15, 0.2) is 23.6 Å². The fourth-order valence-electron chi connectivity index (χ4n) is 2.97. The van der Waals surface area contributed by atoms with Crippen molar-refractivity contribution in [2.75, 3.05) is 18.0 Å². The summed E-state index contributed by atoms with van der Waals surface area (Å²) >= 11 is 0. The van der Waals surface area contributed by atoms with E-state index < -0.39 is 21.9 Å². The second-order valence-corrected chi connectivity index (χ2v) is 7.97. The molecule has 27 heavy (non-hydrogen) atoms. The summed E-state index contributed by atoms with van der Waals surface area (Å²) in [7, 11) is -2.17. The van der Waals surface area contributed by atoms with Gasteiger partial charge in [-0.15, -0.1) is 0 Å². The molecule has 0 atom stereocenters. The van der Waals surface area contributed by atoms with Crippen LogP contribution in [0, 0.1) is 6.92 Å². The lowest BCUT2D eigenvalue weighted by atomic mass is 10.1. The smallest absolute Gasteiger partial charge is 0.356 e. The minimum Gasteiger partial charge on any atom is -0.356 e. The Labute approximate surface area is 154 Å². The minimum atomic E-state index is -4.54. The summed E-state index contributed by atoms with van der Waals surface area (Å²) < 4.78 is 67.6. The molecule has 0 spiro atoms. The van der Waals surface area contributed by atoms with Gasteiger partial charge in [0, 0.05) is 44.6 Å². The van der Waals surface area contributed by atoms with Crippen LogP contribution >= 0.6 is 0 Å². The lowest BCUT2D eigenvalue weighted by Crippen LogP contribution is -2.45. The second-order valence-electron chi connectivity index (χ2n) is 6.36. The van der Waals surface area contributed by atoms with Crippen LogP contribution in [0.2, 0.25) is 0 Å². The molecule has 1 aliphatic rings. The molecule has 3 rings (SSSR count). The molecule has 12 heteroatoms. The van der Waals surface area contributed by atoms with Crippen molar-refractivity contribution in [3.63, 3.8) is 0 Å². The first-order valence-corrected chi connectivity index (χ1v) is 9.72. The van der Waals surface area contributed by atoms with Crippen molar-refractivity contribution in [1.29, 1.82) is 0 Å². The Kier molecular flexibility index (Phi) is 5.12. The zero-order valence-electron chi connectivity index (χ0n) is 14.7. The summed E-state index contributed by atoms with van der Waals surface area (Å²) in [4.78, 5) is 13.1. The number of aromatic nitrogens is 4. The molecule has 8 nitrogen and oxygen atoms in total. The third-order valence-corrected chi connectivity index (χ3v) is 5.79. The van der Waals surface area contributed by atoms with E-state index in [9.17, 15) is 21.6 Å². The Hall–Kier alpha value is -2.21. The van der Waals surface area contributed by atoms with Crippen LogP contribution in [-0.2, 0) is 23.2 Å². The van der Waals surface area contributed by atoms with E-state index >= 15 is 0 Å². The van der Waals surface area contributed by atoms with E-state index in [0.29, 0.717) is 25.9 Å². The first kappa shape index (κ1) is 19.5. The Balaban J connectivity index is 1.68. The number of nitrogens with one attached hydrogen (secondary N) is 1. The van der Waals surface area contributed by atoms with E-state index in [1.165, 1.54) is 23.9 Å². The third-order valence-electron chi connectivity index (χ3n) is 4.27. The zero-order chi connectivity index (χ0) is 19.8. The quantitative estimate of drug-likeness (QED) is 0.830. The zero-order valence-corrected chi connectivity index (χ0v) is 15.5. The fourth-order valence-corrected chi connectivity index (χ4v) is 4.39. The van der Waals surface area contributed by atoms with Gasteiger partial charge in [-0.1, -0.05) is 0 Å². The predicted molar refractivity (Wildman–Crippen MR) is 90.5 cm³/mol. The number of hydrogen-bond donors (Lipinski definition) is 1. The number of piperidine rings is 1. The van der Waals surface area contributed by atoms with Crippen molar-refractivity contribution < 1.29 is 21.6 Å². The third kappa shape index (κ3) is 4.38. The SMILES string of the molecule is Cc1nc(N2CCC(NS(=O)(=O)c3nccn3C)CC2)cc(C(F)(F)F)n1. The maximum atomic E-state index is 12.9. The normalized spacial score (nSPS) is 16.7. The van der Waals surface area contributed by atoms with Gasteiger partial charge in [-0.05, 0) is 19.8 Å². The fraction of sp³-hybridized carbons (Fsp3) is 0.533. The van der Waals surface area contributed by atoms with Crippen molar-refractivity contribution >= 4 is 15.8 Å². The van der Waals surface area contributed by atoms with E-state index in [-0.39, 0.29) is 22.8 Å². The van der Waals surface area contributed by atoms with Crippen LogP contribution in [0.3, 0.4) is 0 Å². The summed E-state index contributed by atoms with van der Waals surface area (Å²) in [5.74, 6) is 0.234. The molecule has 0 unspecified atom stereocenters. The molecular weight excluding hydrogens is 385 g/mol. The van der Waals surface area contributed by atoms with Gasteiger partial charge in [-0.2, -0.15) is 13.2 Å². The number of halogens is 3. The molecule has 0 radical (unpaired) electrons. The van der Waals surface area contributed by atoms with E-state index in [0.717, 1.165) is 6.07 Å². The van der Waals surface area contributed by atoms with Crippen LogP contribution in [0.5, 0.6) is 0 Å². The number of imidazole rings is 1. The van der Waals surface area contributed by atoms with Gasteiger partial charge < -0.3 is 9.47 Å². The van der Waals surface area contributed by atoms with Gasteiger partial charge in [0.25, 0.3) is 10.0 Å². The summed E-state index contributed by atoms with van der Waals surface area (Å²) in [5.41, 5.74) is -0.984. The average molecular weight is 404 g/mol. The Morgan fingerprint density at radius 2 is 1.89 bits per heavy atom. The highest BCUT2D eigenvalue weighted by molar-refractivity contribution is 7.89. The molecule has 148 valence electrons. The number of anilines is 1. The van der Waals surface area contributed by atoms with E-state index in [4.69, 9.17) is 0 Å². The highest BCUT2D eigenvalue weighted by atomic mass is 32.2. The Morgan fingerprint density at radius 1 is 1.22 bits per heavy atom. The van der Waals surface area contributed by atoms with Crippen LogP contribution in [0.25, 0.3) is 0 Å². The summed E-state index contributed by atoms with van der Waals surface area (Å²) in [6, 6.07) is 0.596. The molecule has 1 fully saturated rings. The Morgan fingerprint density at radius 3 is 2.44 bits per heavy atom. The standard InChI is InChI=1S/C15H19F3N6O2S/c1-10-20-12(15(16,17)18)9-13(21-10)24-6-3-11(4-7-24)22-27(25,26)14-19-5-8-23(14)2/h5,8-9,11,22H,3-4,6-7H2,1-2H3. The molecule has 2 aromatic heterocycles. The maximum Gasteiger partial charge on any atom is 0.433 e. The van der Waals surface area contributed by atoms with Gasteiger partial charge >= 0.3 is 6.18 Å². The highest BCUT2D eigenvalue weighted by Crippen LogP contribution is 2.30.